The van der Waals surface area contributed by atoms with Gasteiger partial charge in [-0.2, -0.15) is 0 Å². The highest BCUT2D eigenvalue weighted by Crippen LogP contribution is 2.13. The second kappa shape index (κ2) is 16.3. The van der Waals surface area contributed by atoms with Crippen molar-refractivity contribution in [1.29, 1.82) is 0 Å². The monoisotopic (exact) mass is 356 g/mol. The summed E-state index contributed by atoms with van der Waals surface area (Å²) in [5.74, 6) is 0.492. The fourth-order valence-corrected chi connectivity index (χ4v) is 3.67. The molecule has 144 valence electrons. The van der Waals surface area contributed by atoms with E-state index in [1.54, 1.807) is 0 Å². The van der Waals surface area contributed by atoms with Crippen LogP contribution in [0, 0.1) is 0 Å². The van der Waals surface area contributed by atoms with Gasteiger partial charge < -0.3 is 4.43 Å². The van der Waals surface area contributed by atoms with Gasteiger partial charge in [-0.1, -0.05) is 71.1 Å². The largest absolute Gasteiger partial charge is 0.418 e. The zero-order valence-corrected chi connectivity index (χ0v) is 18.1. The van der Waals surface area contributed by atoms with E-state index < -0.39 is 8.32 Å². The van der Waals surface area contributed by atoms with Gasteiger partial charge in [0.1, 0.15) is 5.78 Å². The Hall–Kier alpha value is -0.153. The number of hydrogen-bond acceptors (Lipinski definition) is 2. The highest BCUT2D eigenvalue weighted by atomic mass is 28.4. The van der Waals surface area contributed by atoms with Crippen LogP contribution in [-0.2, 0) is 9.22 Å². The maximum Gasteiger partial charge on any atom is 0.183 e. The predicted molar refractivity (Wildman–Crippen MR) is 109 cm³/mol. The summed E-state index contributed by atoms with van der Waals surface area (Å²) < 4.78 is 5.87. The Morgan fingerprint density at radius 2 is 1.08 bits per heavy atom. The van der Waals surface area contributed by atoms with Gasteiger partial charge in [-0.05, 0) is 38.9 Å². The summed E-state index contributed by atoms with van der Waals surface area (Å²) in [6.07, 6.45) is 18.1. The van der Waals surface area contributed by atoms with Gasteiger partial charge in [0.15, 0.2) is 8.32 Å². The molecule has 0 aromatic carbocycles. The summed E-state index contributed by atoms with van der Waals surface area (Å²) >= 11 is 0. The Bertz CT molecular complexity index is 284. The molecule has 24 heavy (non-hydrogen) atoms. The minimum absolute atomic E-state index is 0.492. The summed E-state index contributed by atoms with van der Waals surface area (Å²) in [4.78, 5) is 11.7. The summed E-state index contributed by atoms with van der Waals surface area (Å²) in [6, 6.07) is 0. The summed E-state index contributed by atoms with van der Waals surface area (Å²) in [5.41, 5.74) is 0. The fourth-order valence-electron chi connectivity index (χ4n) is 2.91. The van der Waals surface area contributed by atoms with Gasteiger partial charge in [0.2, 0.25) is 0 Å². The molecule has 0 amide bonds. The van der Waals surface area contributed by atoms with Crippen LogP contribution in [0.3, 0.4) is 0 Å². The Labute approximate surface area is 153 Å². The van der Waals surface area contributed by atoms with E-state index in [1.165, 1.54) is 70.6 Å². The van der Waals surface area contributed by atoms with Crippen LogP contribution in [0.2, 0.25) is 19.6 Å². The molecular formula is C21H44O2Si. The SMILES string of the molecule is CCCCCCC(=O)CCCCCCCCCCCO[Si](C)(C)C. The van der Waals surface area contributed by atoms with E-state index in [0.717, 1.165) is 32.3 Å². The molecule has 0 fully saturated rings. The first kappa shape index (κ1) is 23.8. The molecule has 0 saturated carbocycles. The predicted octanol–water partition coefficient (Wildman–Crippen LogP) is 7.28. The number of Topliss-reactive ketones (excluding diaryl/α,β-unsaturated/α-hetero) is 1. The molecule has 0 aliphatic heterocycles. The zero-order valence-electron chi connectivity index (χ0n) is 17.1. The van der Waals surface area contributed by atoms with Gasteiger partial charge in [0.05, 0.1) is 0 Å². The van der Waals surface area contributed by atoms with Crippen LogP contribution >= 0.6 is 0 Å². The van der Waals surface area contributed by atoms with Gasteiger partial charge in [0, 0.05) is 19.4 Å². The molecule has 0 heterocycles. The van der Waals surface area contributed by atoms with E-state index >= 15 is 0 Å². The van der Waals surface area contributed by atoms with Crippen molar-refractivity contribution in [2.24, 2.45) is 0 Å². The first-order valence-electron chi connectivity index (χ1n) is 10.6. The maximum absolute atomic E-state index is 11.7. The number of carbonyl (C=O) groups is 1. The Balaban J connectivity index is 3.16. The first-order valence-corrected chi connectivity index (χ1v) is 14.0. The third-order valence-corrected chi connectivity index (χ3v) is 5.51. The number of rotatable bonds is 18. The summed E-state index contributed by atoms with van der Waals surface area (Å²) in [6.45, 7) is 9.94. The smallest absolute Gasteiger partial charge is 0.183 e. The number of carbonyl (C=O) groups excluding carboxylic acids is 1. The molecule has 0 unspecified atom stereocenters. The third-order valence-electron chi connectivity index (χ3n) is 4.44. The molecule has 0 aromatic rings. The highest BCUT2D eigenvalue weighted by molar-refractivity contribution is 6.69. The number of ketones is 1. The highest BCUT2D eigenvalue weighted by Gasteiger charge is 2.12. The topological polar surface area (TPSA) is 26.3 Å². The first-order chi connectivity index (χ1) is 11.5. The lowest BCUT2D eigenvalue weighted by molar-refractivity contribution is -0.119. The molecule has 0 bridgehead atoms. The molecule has 0 atom stereocenters. The average molecular weight is 357 g/mol. The fraction of sp³-hybridized carbons (Fsp3) is 0.952. The lowest BCUT2D eigenvalue weighted by Crippen LogP contribution is -2.25. The van der Waals surface area contributed by atoms with E-state index in [2.05, 4.69) is 26.6 Å². The van der Waals surface area contributed by atoms with Crippen LogP contribution in [-0.4, -0.2) is 20.7 Å². The van der Waals surface area contributed by atoms with Crippen molar-refractivity contribution in [2.45, 2.75) is 123 Å². The van der Waals surface area contributed by atoms with Crippen molar-refractivity contribution >= 4 is 14.1 Å². The zero-order chi connectivity index (χ0) is 18.1. The van der Waals surface area contributed by atoms with Gasteiger partial charge >= 0.3 is 0 Å². The van der Waals surface area contributed by atoms with Crippen LogP contribution in [0.1, 0.15) is 103 Å². The van der Waals surface area contributed by atoms with Gasteiger partial charge in [-0.3, -0.25) is 4.79 Å². The van der Waals surface area contributed by atoms with E-state index in [0.29, 0.717) is 5.78 Å². The van der Waals surface area contributed by atoms with Gasteiger partial charge in [-0.15, -0.1) is 0 Å². The van der Waals surface area contributed by atoms with E-state index in [4.69, 9.17) is 4.43 Å². The van der Waals surface area contributed by atoms with Crippen LogP contribution in [0.25, 0.3) is 0 Å². The third kappa shape index (κ3) is 19.9. The van der Waals surface area contributed by atoms with Crippen molar-refractivity contribution in [3.8, 4) is 0 Å². The average Bonchev–Trinajstić information content (AvgIpc) is 2.51. The van der Waals surface area contributed by atoms with E-state index in [9.17, 15) is 4.79 Å². The van der Waals surface area contributed by atoms with Crippen molar-refractivity contribution < 1.29 is 9.22 Å². The molecule has 2 nitrogen and oxygen atoms in total. The van der Waals surface area contributed by atoms with Crippen LogP contribution < -0.4 is 0 Å². The number of unbranched alkanes of at least 4 members (excludes halogenated alkanes) is 11. The molecule has 0 aliphatic rings. The molecule has 0 N–H and O–H groups in total. The Morgan fingerprint density at radius 3 is 1.54 bits per heavy atom. The van der Waals surface area contributed by atoms with Crippen molar-refractivity contribution in [3.63, 3.8) is 0 Å². The van der Waals surface area contributed by atoms with Crippen LogP contribution in [0.15, 0.2) is 0 Å². The van der Waals surface area contributed by atoms with Crippen molar-refractivity contribution in [2.75, 3.05) is 6.61 Å². The standard InChI is InChI=1S/C21H44O2Si/c1-5-6-7-15-18-21(22)19-16-13-11-9-8-10-12-14-17-20-23-24(2,3)4/h5-20H2,1-4H3. The summed E-state index contributed by atoms with van der Waals surface area (Å²) in [5, 5.41) is 0. The molecular weight excluding hydrogens is 312 g/mol. The number of hydrogen-bond donors (Lipinski definition) is 0. The Morgan fingerprint density at radius 1 is 0.667 bits per heavy atom. The lowest BCUT2D eigenvalue weighted by atomic mass is 10.0. The minimum Gasteiger partial charge on any atom is -0.418 e. The second-order valence-corrected chi connectivity index (χ2v) is 12.8. The lowest BCUT2D eigenvalue weighted by Gasteiger charge is -2.16. The molecule has 0 radical (unpaired) electrons. The molecule has 0 aromatic heterocycles. The van der Waals surface area contributed by atoms with Gasteiger partial charge in [-0.25, -0.2) is 0 Å². The molecule has 0 saturated heterocycles. The van der Waals surface area contributed by atoms with Crippen molar-refractivity contribution in [3.05, 3.63) is 0 Å². The maximum atomic E-state index is 11.7. The molecule has 0 rings (SSSR count). The van der Waals surface area contributed by atoms with Crippen LogP contribution in [0.4, 0.5) is 0 Å². The summed E-state index contributed by atoms with van der Waals surface area (Å²) in [7, 11) is -1.30. The quantitative estimate of drug-likeness (QED) is 0.190. The molecule has 3 heteroatoms. The minimum atomic E-state index is -1.30. The molecule has 0 spiro atoms. The van der Waals surface area contributed by atoms with Crippen molar-refractivity contribution in [1.82, 2.24) is 0 Å². The van der Waals surface area contributed by atoms with E-state index in [-0.39, 0.29) is 0 Å². The van der Waals surface area contributed by atoms with E-state index in [1.807, 2.05) is 0 Å². The molecule has 0 aliphatic carbocycles. The second-order valence-electron chi connectivity index (χ2n) is 8.24. The van der Waals surface area contributed by atoms with Gasteiger partial charge in [0.25, 0.3) is 0 Å². The van der Waals surface area contributed by atoms with Crippen LogP contribution in [0.5, 0.6) is 0 Å². The normalized spacial score (nSPS) is 11.8. The Kier molecular flexibility index (Phi) is 16.2.